The maximum atomic E-state index is 12.5. The molecule has 1 aromatic rings. The molecule has 3 nitrogen and oxygen atoms in total. The zero-order valence-electron chi connectivity index (χ0n) is 12.1. The summed E-state index contributed by atoms with van der Waals surface area (Å²) < 4.78 is 0. The monoisotopic (exact) mass is 260 g/mol. The molecular weight excluding hydrogens is 236 g/mol. The van der Waals surface area contributed by atoms with Crippen molar-refractivity contribution >= 4 is 11.6 Å². The predicted molar refractivity (Wildman–Crippen MR) is 79.1 cm³/mol. The van der Waals surface area contributed by atoms with Crippen LogP contribution in [0.25, 0.3) is 0 Å². The summed E-state index contributed by atoms with van der Waals surface area (Å²) in [6, 6.07) is 8.40. The van der Waals surface area contributed by atoms with Crippen LogP contribution in [0.5, 0.6) is 0 Å². The Kier molecular flexibility index (Phi) is 4.25. The van der Waals surface area contributed by atoms with E-state index in [0.717, 1.165) is 18.5 Å². The number of nitrogens with zero attached hydrogens (tertiary/aromatic N) is 1. The van der Waals surface area contributed by atoms with Crippen LogP contribution in [0, 0.1) is 5.92 Å². The van der Waals surface area contributed by atoms with E-state index in [1.54, 1.807) is 0 Å². The van der Waals surface area contributed by atoms with Gasteiger partial charge >= 0.3 is 0 Å². The second kappa shape index (κ2) is 5.74. The molecule has 0 saturated carbocycles. The van der Waals surface area contributed by atoms with Crippen molar-refractivity contribution in [2.45, 2.75) is 52.1 Å². The third kappa shape index (κ3) is 2.98. The van der Waals surface area contributed by atoms with Crippen LogP contribution in [0.1, 0.15) is 39.2 Å². The van der Waals surface area contributed by atoms with Crippen LogP contribution >= 0.6 is 0 Å². The maximum absolute atomic E-state index is 12.5. The first-order chi connectivity index (χ1) is 9.00. The number of aryl methyl sites for hydroxylation is 1. The molecule has 0 fully saturated rings. The highest BCUT2D eigenvalue weighted by molar-refractivity contribution is 5.95. The van der Waals surface area contributed by atoms with Crippen LogP contribution in [0.15, 0.2) is 24.3 Å². The van der Waals surface area contributed by atoms with E-state index >= 15 is 0 Å². The van der Waals surface area contributed by atoms with Crippen molar-refractivity contribution in [1.82, 2.24) is 0 Å². The van der Waals surface area contributed by atoms with Gasteiger partial charge in [-0.2, -0.15) is 0 Å². The summed E-state index contributed by atoms with van der Waals surface area (Å²) >= 11 is 0. The number of nitrogens with two attached hydrogens (primary N) is 1. The van der Waals surface area contributed by atoms with Crippen LogP contribution < -0.4 is 10.6 Å². The molecule has 2 N–H and O–H groups in total. The second-order valence-electron chi connectivity index (χ2n) is 5.89. The van der Waals surface area contributed by atoms with E-state index in [4.69, 9.17) is 5.73 Å². The summed E-state index contributed by atoms with van der Waals surface area (Å²) in [4.78, 5) is 14.5. The first kappa shape index (κ1) is 14.1. The van der Waals surface area contributed by atoms with E-state index in [-0.39, 0.29) is 18.0 Å². The lowest BCUT2D eigenvalue weighted by Crippen LogP contribution is -2.45. The van der Waals surface area contributed by atoms with Crippen LogP contribution in [0.4, 0.5) is 5.69 Å². The third-order valence-corrected chi connectivity index (χ3v) is 4.06. The molecule has 1 amide bonds. The maximum Gasteiger partial charge on any atom is 0.228 e. The zero-order valence-corrected chi connectivity index (χ0v) is 12.1. The third-order valence-electron chi connectivity index (χ3n) is 4.06. The number of fused-ring (bicyclic) bond motifs is 1. The Hall–Kier alpha value is -1.35. The smallest absolute Gasteiger partial charge is 0.228 e. The van der Waals surface area contributed by atoms with Crippen LogP contribution in [-0.4, -0.2) is 18.0 Å². The fourth-order valence-electron chi connectivity index (χ4n) is 2.60. The number of para-hydroxylation sites is 1. The number of carbonyl (C=O) groups is 1. The van der Waals surface area contributed by atoms with Crippen molar-refractivity contribution in [1.29, 1.82) is 0 Å². The number of hydrogen-bond acceptors (Lipinski definition) is 2. The number of benzene rings is 1. The van der Waals surface area contributed by atoms with Crippen molar-refractivity contribution in [2.75, 3.05) is 4.90 Å². The Morgan fingerprint density at radius 1 is 1.42 bits per heavy atom. The van der Waals surface area contributed by atoms with Crippen molar-refractivity contribution in [3.63, 3.8) is 0 Å². The van der Waals surface area contributed by atoms with Gasteiger partial charge in [-0.1, -0.05) is 32.0 Å². The highest BCUT2D eigenvalue weighted by atomic mass is 16.2. The predicted octanol–water partition coefficient (Wildman–Crippen LogP) is 2.73. The van der Waals surface area contributed by atoms with Gasteiger partial charge in [0.15, 0.2) is 0 Å². The minimum Gasteiger partial charge on any atom is -0.327 e. The van der Waals surface area contributed by atoms with E-state index in [0.29, 0.717) is 12.3 Å². The number of anilines is 1. The molecule has 0 saturated heterocycles. The lowest BCUT2D eigenvalue weighted by atomic mass is 9.94. The van der Waals surface area contributed by atoms with E-state index in [1.165, 1.54) is 5.56 Å². The Balaban J connectivity index is 2.21. The summed E-state index contributed by atoms with van der Waals surface area (Å²) in [6.07, 6.45) is 2.51. The lowest BCUT2D eigenvalue weighted by molar-refractivity contribution is -0.119. The molecule has 2 unspecified atom stereocenters. The SMILES string of the molecule is CC(C)C(N)CC(=O)N1c2ccccc2CCC1C. The van der Waals surface area contributed by atoms with E-state index in [1.807, 2.05) is 23.1 Å². The van der Waals surface area contributed by atoms with E-state index in [2.05, 4.69) is 26.8 Å². The van der Waals surface area contributed by atoms with Crippen LogP contribution in [-0.2, 0) is 11.2 Å². The fourth-order valence-corrected chi connectivity index (χ4v) is 2.60. The van der Waals surface area contributed by atoms with Gasteiger partial charge in [0.2, 0.25) is 5.91 Å². The second-order valence-corrected chi connectivity index (χ2v) is 5.89. The van der Waals surface area contributed by atoms with Gasteiger partial charge in [-0.3, -0.25) is 4.79 Å². The van der Waals surface area contributed by atoms with Gasteiger partial charge in [0.25, 0.3) is 0 Å². The standard InChI is InChI=1S/C16H24N2O/c1-11(2)14(17)10-16(19)18-12(3)8-9-13-6-4-5-7-15(13)18/h4-7,11-12,14H,8-10,17H2,1-3H3. The molecule has 0 aliphatic carbocycles. The molecule has 19 heavy (non-hydrogen) atoms. The van der Waals surface area contributed by atoms with Gasteiger partial charge in [-0.25, -0.2) is 0 Å². The van der Waals surface area contributed by atoms with E-state index < -0.39 is 0 Å². The number of rotatable bonds is 3. The summed E-state index contributed by atoms with van der Waals surface area (Å²) in [5, 5.41) is 0. The van der Waals surface area contributed by atoms with Crippen LogP contribution in [0.3, 0.4) is 0 Å². The summed E-state index contributed by atoms with van der Waals surface area (Å²) in [7, 11) is 0. The van der Waals surface area contributed by atoms with Crippen molar-refractivity contribution in [2.24, 2.45) is 11.7 Å². The molecule has 1 heterocycles. The fraction of sp³-hybridized carbons (Fsp3) is 0.562. The quantitative estimate of drug-likeness (QED) is 0.908. The average Bonchev–Trinajstić information content (AvgIpc) is 2.38. The molecule has 0 radical (unpaired) electrons. The molecular formula is C16H24N2O. The normalized spacial score (nSPS) is 20.3. The van der Waals surface area contributed by atoms with Gasteiger partial charge in [0, 0.05) is 24.2 Å². The highest BCUT2D eigenvalue weighted by Crippen LogP contribution is 2.31. The minimum absolute atomic E-state index is 0.0613. The highest BCUT2D eigenvalue weighted by Gasteiger charge is 2.29. The zero-order chi connectivity index (χ0) is 14.0. The molecule has 0 aromatic heterocycles. The molecule has 2 rings (SSSR count). The molecule has 1 aromatic carbocycles. The minimum atomic E-state index is -0.0613. The number of hydrogen-bond donors (Lipinski definition) is 1. The molecule has 0 bridgehead atoms. The van der Waals surface area contributed by atoms with Gasteiger partial charge in [0.05, 0.1) is 0 Å². The lowest BCUT2D eigenvalue weighted by Gasteiger charge is -2.36. The molecule has 104 valence electrons. The van der Waals surface area contributed by atoms with Gasteiger partial charge in [0.1, 0.15) is 0 Å². The van der Waals surface area contributed by atoms with Gasteiger partial charge in [-0.05, 0) is 37.3 Å². The Morgan fingerprint density at radius 2 is 2.11 bits per heavy atom. The molecule has 1 aliphatic rings. The number of amides is 1. The van der Waals surface area contributed by atoms with Crippen molar-refractivity contribution < 1.29 is 4.79 Å². The Morgan fingerprint density at radius 3 is 2.79 bits per heavy atom. The van der Waals surface area contributed by atoms with Crippen molar-refractivity contribution in [3.8, 4) is 0 Å². The van der Waals surface area contributed by atoms with Gasteiger partial charge < -0.3 is 10.6 Å². The van der Waals surface area contributed by atoms with Gasteiger partial charge in [-0.15, -0.1) is 0 Å². The summed E-state index contributed by atoms with van der Waals surface area (Å²) in [5.41, 5.74) is 8.38. The van der Waals surface area contributed by atoms with E-state index in [9.17, 15) is 4.79 Å². The molecule has 3 heteroatoms. The molecule has 1 aliphatic heterocycles. The molecule has 0 spiro atoms. The topological polar surface area (TPSA) is 46.3 Å². The van der Waals surface area contributed by atoms with Crippen LogP contribution in [0.2, 0.25) is 0 Å². The number of carbonyl (C=O) groups excluding carboxylic acids is 1. The Labute approximate surface area is 115 Å². The first-order valence-electron chi connectivity index (χ1n) is 7.16. The molecule has 2 atom stereocenters. The first-order valence-corrected chi connectivity index (χ1v) is 7.16. The Bertz CT molecular complexity index is 456. The summed E-state index contributed by atoms with van der Waals surface area (Å²) in [5.74, 6) is 0.486. The van der Waals surface area contributed by atoms with Crippen molar-refractivity contribution in [3.05, 3.63) is 29.8 Å². The average molecular weight is 260 g/mol. The summed E-state index contributed by atoms with van der Waals surface area (Å²) in [6.45, 7) is 6.24. The largest absolute Gasteiger partial charge is 0.327 e.